The largest absolute Gasteiger partial charge is 0.394 e. The van der Waals surface area contributed by atoms with Crippen molar-refractivity contribution in [2.24, 2.45) is 5.92 Å². The summed E-state index contributed by atoms with van der Waals surface area (Å²) in [5.41, 5.74) is 5.61. The van der Waals surface area contributed by atoms with Crippen LogP contribution in [0.15, 0.2) is 12.4 Å². The second-order valence-corrected chi connectivity index (χ2v) is 3.47. The number of nitrogens with one attached hydrogen (secondary N) is 1. The average Bonchev–Trinajstić information content (AvgIpc) is 2.16. The maximum atomic E-state index is 9.10. The van der Waals surface area contributed by atoms with Gasteiger partial charge in [-0.05, 0) is 5.92 Å². The molecule has 5 nitrogen and oxygen atoms in total. The summed E-state index contributed by atoms with van der Waals surface area (Å²) >= 11 is 0. The summed E-state index contributed by atoms with van der Waals surface area (Å²) in [5.74, 6) is 1.19. The summed E-state index contributed by atoms with van der Waals surface area (Å²) in [7, 11) is 0. The molecule has 1 atom stereocenters. The van der Waals surface area contributed by atoms with E-state index >= 15 is 0 Å². The molecule has 0 amide bonds. The van der Waals surface area contributed by atoms with Gasteiger partial charge in [-0.25, -0.2) is 9.97 Å². The van der Waals surface area contributed by atoms with E-state index in [1.807, 2.05) is 13.8 Å². The Morgan fingerprint density at radius 3 is 2.57 bits per heavy atom. The number of hydrogen-bond donors (Lipinski definition) is 3. The second kappa shape index (κ2) is 4.76. The van der Waals surface area contributed by atoms with Gasteiger partial charge in [-0.2, -0.15) is 0 Å². The number of nitrogens with two attached hydrogens (primary N) is 1. The zero-order valence-corrected chi connectivity index (χ0v) is 8.44. The van der Waals surface area contributed by atoms with Crippen LogP contribution in [0.25, 0.3) is 0 Å². The smallest absolute Gasteiger partial charge is 0.169 e. The fraction of sp³-hybridized carbons (Fsp3) is 0.556. The molecule has 0 bridgehead atoms. The Balaban J connectivity index is 2.72. The molecular formula is C9H16N4O. The van der Waals surface area contributed by atoms with Gasteiger partial charge in [0.1, 0.15) is 0 Å². The van der Waals surface area contributed by atoms with Gasteiger partial charge in [0.05, 0.1) is 12.6 Å². The molecular weight excluding hydrogens is 180 g/mol. The highest BCUT2D eigenvalue weighted by Gasteiger charge is 2.13. The standard InChI is InChI=1S/C9H16N4O/c1-6(2)7(5-14)13-9-8(10)11-3-4-12-9/h3-4,6-7,14H,5H2,1-2H3,(H2,10,11)(H,12,13). The lowest BCUT2D eigenvalue weighted by Gasteiger charge is -2.20. The van der Waals surface area contributed by atoms with Crippen LogP contribution in [0.2, 0.25) is 0 Å². The van der Waals surface area contributed by atoms with Crippen LogP contribution in [0.4, 0.5) is 11.6 Å². The number of aromatic nitrogens is 2. The number of anilines is 2. The molecule has 5 heteroatoms. The average molecular weight is 196 g/mol. The highest BCUT2D eigenvalue weighted by Crippen LogP contribution is 2.14. The van der Waals surface area contributed by atoms with Gasteiger partial charge in [-0.3, -0.25) is 0 Å². The lowest BCUT2D eigenvalue weighted by molar-refractivity contribution is 0.249. The molecule has 1 heterocycles. The molecule has 4 N–H and O–H groups in total. The molecule has 0 saturated carbocycles. The Labute approximate surface area is 83.4 Å². The number of nitrogen functional groups attached to an aromatic ring is 1. The molecule has 0 aliphatic heterocycles. The SMILES string of the molecule is CC(C)C(CO)Nc1nccnc1N. The minimum Gasteiger partial charge on any atom is -0.394 e. The molecule has 78 valence electrons. The third-order valence-electron chi connectivity index (χ3n) is 2.05. The van der Waals surface area contributed by atoms with E-state index in [4.69, 9.17) is 10.8 Å². The Morgan fingerprint density at radius 2 is 2.07 bits per heavy atom. The fourth-order valence-corrected chi connectivity index (χ4v) is 1.06. The van der Waals surface area contributed by atoms with Gasteiger partial charge in [0, 0.05) is 12.4 Å². The van der Waals surface area contributed by atoms with Crippen molar-refractivity contribution in [3.63, 3.8) is 0 Å². The van der Waals surface area contributed by atoms with Crippen LogP contribution in [-0.2, 0) is 0 Å². The van der Waals surface area contributed by atoms with Crippen molar-refractivity contribution in [1.29, 1.82) is 0 Å². The first-order valence-electron chi connectivity index (χ1n) is 4.59. The van der Waals surface area contributed by atoms with E-state index in [9.17, 15) is 0 Å². The zero-order chi connectivity index (χ0) is 10.6. The summed E-state index contributed by atoms with van der Waals surface area (Å²) < 4.78 is 0. The molecule has 0 spiro atoms. The van der Waals surface area contributed by atoms with E-state index in [1.165, 1.54) is 6.20 Å². The van der Waals surface area contributed by atoms with Crippen molar-refractivity contribution in [1.82, 2.24) is 9.97 Å². The van der Waals surface area contributed by atoms with E-state index < -0.39 is 0 Å². The van der Waals surface area contributed by atoms with E-state index in [1.54, 1.807) is 6.20 Å². The molecule has 0 aliphatic carbocycles. The molecule has 1 rings (SSSR count). The third-order valence-corrected chi connectivity index (χ3v) is 2.05. The molecule has 0 fully saturated rings. The van der Waals surface area contributed by atoms with E-state index in [0.29, 0.717) is 17.6 Å². The molecule has 0 aliphatic rings. The van der Waals surface area contributed by atoms with Gasteiger partial charge in [0.2, 0.25) is 0 Å². The van der Waals surface area contributed by atoms with Crippen molar-refractivity contribution in [3.05, 3.63) is 12.4 Å². The van der Waals surface area contributed by atoms with Crippen LogP contribution < -0.4 is 11.1 Å². The Hall–Kier alpha value is -1.36. The Kier molecular flexibility index (Phi) is 3.64. The van der Waals surface area contributed by atoms with Gasteiger partial charge in [-0.15, -0.1) is 0 Å². The molecule has 0 radical (unpaired) electrons. The van der Waals surface area contributed by atoms with Crippen LogP contribution in [0.3, 0.4) is 0 Å². The third kappa shape index (κ3) is 2.56. The first-order chi connectivity index (χ1) is 6.65. The predicted molar refractivity (Wildman–Crippen MR) is 55.8 cm³/mol. The lowest BCUT2D eigenvalue weighted by Crippen LogP contribution is -2.30. The maximum Gasteiger partial charge on any atom is 0.169 e. The summed E-state index contributed by atoms with van der Waals surface area (Å²) in [5, 5.41) is 12.1. The van der Waals surface area contributed by atoms with E-state index in [-0.39, 0.29) is 12.6 Å². The van der Waals surface area contributed by atoms with Crippen LogP contribution >= 0.6 is 0 Å². The lowest BCUT2D eigenvalue weighted by atomic mass is 10.1. The molecule has 14 heavy (non-hydrogen) atoms. The monoisotopic (exact) mass is 196 g/mol. The number of aliphatic hydroxyl groups excluding tert-OH is 1. The van der Waals surface area contributed by atoms with Crippen LogP contribution in [0.1, 0.15) is 13.8 Å². The Morgan fingerprint density at radius 1 is 1.43 bits per heavy atom. The number of hydrogen-bond acceptors (Lipinski definition) is 5. The second-order valence-electron chi connectivity index (χ2n) is 3.47. The highest BCUT2D eigenvalue weighted by molar-refractivity contribution is 5.55. The minimum atomic E-state index is -0.0472. The topological polar surface area (TPSA) is 84.1 Å². The maximum absolute atomic E-state index is 9.10. The summed E-state index contributed by atoms with van der Waals surface area (Å²) in [4.78, 5) is 7.94. The van der Waals surface area contributed by atoms with Gasteiger partial charge in [0.15, 0.2) is 11.6 Å². The van der Waals surface area contributed by atoms with Crippen molar-refractivity contribution in [2.75, 3.05) is 17.7 Å². The minimum absolute atomic E-state index is 0.0472. The van der Waals surface area contributed by atoms with Crippen molar-refractivity contribution >= 4 is 11.6 Å². The van der Waals surface area contributed by atoms with Crippen molar-refractivity contribution < 1.29 is 5.11 Å². The summed E-state index contributed by atoms with van der Waals surface area (Å²) in [6, 6.07) is -0.0472. The predicted octanol–water partition coefficient (Wildman–Crippen LogP) is 0.488. The highest BCUT2D eigenvalue weighted by atomic mass is 16.3. The van der Waals surface area contributed by atoms with Gasteiger partial charge >= 0.3 is 0 Å². The summed E-state index contributed by atoms with van der Waals surface area (Å²) in [6.07, 6.45) is 3.09. The number of rotatable bonds is 4. The quantitative estimate of drug-likeness (QED) is 0.652. The van der Waals surface area contributed by atoms with E-state index in [0.717, 1.165) is 0 Å². The molecule has 1 aromatic heterocycles. The van der Waals surface area contributed by atoms with Crippen LogP contribution in [0.5, 0.6) is 0 Å². The number of aliphatic hydroxyl groups is 1. The van der Waals surface area contributed by atoms with Crippen molar-refractivity contribution in [2.45, 2.75) is 19.9 Å². The fourth-order valence-electron chi connectivity index (χ4n) is 1.06. The van der Waals surface area contributed by atoms with Crippen molar-refractivity contribution in [3.8, 4) is 0 Å². The van der Waals surface area contributed by atoms with Gasteiger partial charge in [0.25, 0.3) is 0 Å². The van der Waals surface area contributed by atoms with E-state index in [2.05, 4.69) is 15.3 Å². The first-order valence-corrected chi connectivity index (χ1v) is 4.59. The van der Waals surface area contributed by atoms with Crippen LogP contribution in [-0.4, -0.2) is 27.7 Å². The van der Waals surface area contributed by atoms with Gasteiger partial charge < -0.3 is 16.2 Å². The molecule has 0 saturated heterocycles. The van der Waals surface area contributed by atoms with Gasteiger partial charge in [-0.1, -0.05) is 13.8 Å². The normalized spacial score (nSPS) is 12.9. The zero-order valence-electron chi connectivity index (χ0n) is 8.44. The Bertz CT molecular complexity index is 290. The first kappa shape index (κ1) is 10.7. The summed E-state index contributed by atoms with van der Waals surface area (Å²) in [6.45, 7) is 4.08. The van der Waals surface area contributed by atoms with Crippen LogP contribution in [0, 0.1) is 5.92 Å². The molecule has 1 aromatic rings. The molecule has 0 aromatic carbocycles. The number of nitrogens with zero attached hydrogens (tertiary/aromatic N) is 2. The molecule has 1 unspecified atom stereocenters.